The number of Topliss-reactive ketones (excluding diaryl/α,β-unsaturated/α-hetero) is 2. The molecule has 16 nitrogen and oxygen atoms in total. The number of carbonyl (C=O) groups excluding carboxylic acids is 5. The number of amides is 3. The number of halogens is 2. The molecule has 83 heavy (non-hydrogen) atoms. The van der Waals surface area contributed by atoms with Gasteiger partial charge < -0.3 is 35.6 Å². The number of likely N-dealkylation sites (tertiary alicyclic amines) is 1. The van der Waals surface area contributed by atoms with Crippen molar-refractivity contribution in [2.45, 2.75) is 129 Å². The van der Waals surface area contributed by atoms with Gasteiger partial charge in [0.25, 0.3) is 5.91 Å². The van der Waals surface area contributed by atoms with Crippen LogP contribution in [0.15, 0.2) is 84.4 Å². The van der Waals surface area contributed by atoms with Gasteiger partial charge in [-0.05, 0) is 116 Å². The molecule has 5 heterocycles. The average molecular weight is 1160 g/mol. The quantitative estimate of drug-likeness (QED) is 0.0340. The molecule has 4 aromatic carbocycles. The molecule has 0 radical (unpaired) electrons. The predicted molar refractivity (Wildman–Crippen MR) is 321 cm³/mol. The van der Waals surface area contributed by atoms with Gasteiger partial charge in [-0.15, -0.1) is 11.3 Å². The minimum atomic E-state index is -0.792. The van der Waals surface area contributed by atoms with Gasteiger partial charge in [0.1, 0.15) is 17.4 Å². The molecule has 442 valence electrons. The molecule has 3 aliphatic rings. The summed E-state index contributed by atoms with van der Waals surface area (Å²) in [7, 11) is 0. The highest BCUT2D eigenvalue weighted by Gasteiger charge is 2.44. The van der Waals surface area contributed by atoms with E-state index in [1.807, 2.05) is 93.9 Å². The van der Waals surface area contributed by atoms with Crippen molar-refractivity contribution in [2.24, 2.45) is 11.3 Å². The lowest BCUT2D eigenvalue weighted by Crippen LogP contribution is -2.49. The number of aliphatic hydroxyl groups excluding tert-OH is 1. The number of thiazole rings is 1. The Labute approximate surface area is 489 Å². The van der Waals surface area contributed by atoms with Gasteiger partial charge in [-0.2, -0.15) is 5.10 Å². The summed E-state index contributed by atoms with van der Waals surface area (Å²) in [4.78, 5) is 79.8. The summed E-state index contributed by atoms with van der Waals surface area (Å²) in [5, 5.41) is 28.4. The number of hydrogen-bond donors (Lipinski definition) is 5. The van der Waals surface area contributed by atoms with Crippen molar-refractivity contribution in [3.63, 3.8) is 0 Å². The first-order valence-corrected chi connectivity index (χ1v) is 30.3. The second-order valence-electron chi connectivity index (χ2n) is 23.7. The number of carbonyl (C=O) groups is 5. The largest absolute Gasteiger partial charge is 0.391 e. The number of nitrogens with one attached hydrogen (secondary N) is 4. The highest BCUT2D eigenvalue weighted by atomic mass is 32.1. The Morgan fingerprint density at radius 1 is 0.843 bits per heavy atom. The normalized spacial score (nSPS) is 17.4. The maximum Gasteiger partial charge on any atom is 0.258 e. The highest BCUT2D eigenvalue weighted by molar-refractivity contribution is 7.13. The topological polar surface area (TPSA) is 202 Å². The predicted octanol–water partition coefficient (Wildman–Crippen LogP) is 10.1. The Bertz CT molecular complexity index is 3200. The number of anilines is 3. The summed E-state index contributed by atoms with van der Waals surface area (Å²) in [6.45, 7) is 12.8. The number of piperazine rings is 1. The summed E-state index contributed by atoms with van der Waals surface area (Å²) in [5.74, 6) is -2.20. The number of ether oxygens (including phenoxy) is 1. The zero-order chi connectivity index (χ0) is 58.6. The van der Waals surface area contributed by atoms with Gasteiger partial charge in [0.05, 0.1) is 45.9 Å². The fourth-order valence-electron chi connectivity index (χ4n) is 11.6. The molecule has 0 spiro atoms. The van der Waals surface area contributed by atoms with E-state index in [1.54, 1.807) is 11.3 Å². The van der Waals surface area contributed by atoms with Gasteiger partial charge in [0.2, 0.25) is 11.8 Å². The van der Waals surface area contributed by atoms with Gasteiger partial charge in [-0.3, -0.25) is 34.0 Å². The van der Waals surface area contributed by atoms with Crippen LogP contribution in [0.25, 0.3) is 21.3 Å². The molecule has 3 saturated heterocycles. The highest BCUT2D eigenvalue weighted by Crippen LogP contribution is 2.36. The Morgan fingerprint density at radius 2 is 1.57 bits per heavy atom. The Kier molecular flexibility index (Phi) is 20.5. The number of nitrogens with zero attached hydrogens (tertiary/aromatic N) is 5. The molecule has 3 amide bonds. The number of β-amino-alcohol motifs (C(OH)–C–C–N with tert-alkyl or cyclic N) is 1. The van der Waals surface area contributed by atoms with Crippen LogP contribution in [0, 0.1) is 29.9 Å². The second-order valence-corrected chi connectivity index (χ2v) is 24.6. The third-order valence-corrected chi connectivity index (χ3v) is 17.4. The van der Waals surface area contributed by atoms with E-state index in [2.05, 4.69) is 40.9 Å². The van der Waals surface area contributed by atoms with E-state index >= 15 is 0 Å². The van der Waals surface area contributed by atoms with E-state index in [0.717, 1.165) is 77.5 Å². The lowest BCUT2D eigenvalue weighted by atomic mass is 9.76. The molecule has 0 aliphatic carbocycles. The van der Waals surface area contributed by atoms with Crippen molar-refractivity contribution in [3.8, 4) is 10.4 Å². The maximum absolute atomic E-state index is 14.2. The van der Waals surface area contributed by atoms with Crippen LogP contribution in [0.3, 0.4) is 0 Å². The van der Waals surface area contributed by atoms with E-state index < -0.39 is 35.1 Å². The third-order valence-electron chi connectivity index (χ3n) is 16.4. The second kappa shape index (κ2) is 28.1. The standard InChI is InChI=1S/C64H79F2N9O7S/c1-41-60(83-40-68-41)45-15-11-42(12-16-45)14-20-58(78)57-37-51(77)38-75(57)63(81)54(64(2,3)4)36-50(76)10-8-6-5-7-9-23-67-59(79)39-73-24-26-74(27-25-73)49-17-18-52(56(35-49)69-48-21-28-82-29-22-48)62(80)70-61-53-33-43(13-19-55(53)71-72-61)30-44-31-46(65)34-47(66)32-44/h11-13,15-19,31-35,40,48,51,54,57,69,77H,5-10,14,20-30,36-39H2,1-4H3,(H,67,79)(H2,70,71,72,80)/t51-,54-,57+/m1/s1. The van der Waals surface area contributed by atoms with Crippen molar-refractivity contribution in [2.75, 3.05) is 74.6 Å². The number of H-pyrrole nitrogens is 1. The molecule has 2 aromatic heterocycles. The summed E-state index contributed by atoms with van der Waals surface area (Å²) in [6, 6.07) is 22.4. The first-order valence-electron chi connectivity index (χ1n) is 29.4. The molecule has 3 aliphatic heterocycles. The Hall–Kier alpha value is -6.93. The van der Waals surface area contributed by atoms with Crippen LogP contribution < -0.4 is 20.9 Å². The molecule has 5 N–H and O–H groups in total. The smallest absolute Gasteiger partial charge is 0.258 e. The zero-order valence-corrected chi connectivity index (χ0v) is 49.1. The molecular formula is C64H79F2N9O7S. The Morgan fingerprint density at radius 3 is 2.29 bits per heavy atom. The summed E-state index contributed by atoms with van der Waals surface area (Å²) in [6.07, 6.45) is 6.78. The minimum Gasteiger partial charge on any atom is -0.391 e. The van der Waals surface area contributed by atoms with Crippen LogP contribution in [0.2, 0.25) is 0 Å². The molecular weight excluding hydrogens is 1080 g/mol. The van der Waals surface area contributed by atoms with Crippen molar-refractivity contribution in [1.82, 2.24) is 30.3 Å². The maximum atomic E-state index is 14.2. The molecule has 3 fully saturated rings. The lowest BCUT2D eigenvalue weighted by molar-refractivity contribution is -0.145. The number of fused-ring (bicyclic) bond motifs is 1. The number of aryl methyl sites for hydroxylation is 2. The summed E-state index contributed by atoms with van der Waals surface area (Å²) < 4.78 is 33.5. The summed E-state index contributed by atoms with van der Waals surface area (Å²) >= 11 is 1.59. The fraction of sp³-hybridized carbons (Fsp3) is 0.484. The molecule has 0 bridgehead atoms. The van der Waals surface area contributed by atoms with Gasteiger partial charge in [-0.25, -0.2) is 13.8 Å². The van der Waals surface area contributed by atoms with Crippen molar-refractivity contribution in [1.29, 1.82) is 0 Å². The minimum absolute atomic E-state index is 0.0171. The molecule has 0 unspecified atom stereocenters. The van der Waals surface area contributed by atoms with Crippen molar-refractivity contribution < 1.29 is 42.6 Å². The van der Waals surface area contributed by atoms with Gasteiger partial charge in [0, 0.05) is 113 Å². The average Bonchev–Trinajstić information content (AvgIpc) is 4.05. The number of hydrogen-bond acceptors (Lipinski definition) is 13. The number of ketones is 2. The zero-order valence-electron chi connectivity index (χ0n) is 48.2. The van der Waals surface area contributed by atoms with Crippen LogP contribution in [-0.4, -0.2) is 137 Å². The first kappa shape index (κ1) is 60.7. The molecule has 0 saturated carbocycles. The third kappa shape index (κ3) is 16.5. The summed E-state index contributed by atoms with van der Waals surface area (Å²) in [5.41, 5.74) is 8.53. The SMILES string of the molecule is Cc1ncsc1-c1ccc(CCC(=O)[C@@H]2C[C@@H](O)CN2C(=O)[C@@H](CC(=O)CCCCCCCNC(=O)CN2CCN(c3ccc(C(=O)Nc4n[nH]c5ccc(Cc6cc(F)cc(F)c6)cc45)c(NC4CCOCC4)c3)CC2)C(C)(C)C)cc1. The molecule has 9 rings (SSSR count). The molecule has 19 heteroatoms. The van der Waals surface area contributed by atoms with Crippen LogP contribution in [0.4, 0.5) is 26.0 Å². The van der Waals surface area contributed by atoms with Crippen LogP contribution in [0.5, 0.6) is 0 Å². The van der Waals surface area contributed by atoms with E-state index in [9.17, 15) is 37.9 Å². The first-order chi connectivity index (χ1) is 39.9. The van der Waals surface area contributed by atoms with E-state index in [0.29, 0.717) is 112 Å². The van der Waals surface area contributed by atoms with E-state index in [4.69, 9.17) is 4.74 Å². The van der Waals surface area contributed by atoms with Crippen LogP contribution in [0.1, 0.15) is 124 Å². The molecule has 6 aromatic rings. The number of rotatable bonds is 25. The van der Waals surface area contributed by atoms with Crippen LogP contribution >= 0.6 is 11.3 Å². The van der Waals surface area contributed by atoms with Crippen LogP contribution in [-0.2, 0) is 36.8 Å². The van der Waals surface area contributed by atoms with Gasteiger partial charge in [-0.1, -0.05) is 70.4 Å². The number of benzene rings is 4. The van der Waals surface area contributed by atoms with Crippen molar-refractivity contribution in [3.05, 3.63) is 124 Å². The number of aliphatic hydroxyl groups is 1. The van der Waals surface area contributed by atoms with E-state index in [1.165, 1.54) is 17.0 Å². The monoisotopic (exact) mass is 1160 g/mol. The van der Waals surface area contributed by atoms with E-state index in [-0.39, 0.29) is 61.1 Å². The fourth-order valence-corrected chi connectivity index (χ4v) is 12.4. The van der Waals surface area contributed by atoms with Gasteiger partial charge >= 0.3 is 0 Å². The number of unbranched alkanes of at least 4 members (excludes halogenated alkanes) is 4. The van der Waals surface area contributed by atoms with Crippen molar-refractivity contribution >= 4 is 68.7 Å². The Balaban J connectivity index is 0.678. The lowest BCUT2D eigenvalue weighted by Gasteiger charge is -2.36. The van der Waals surface area contributed by atoms with Gasteiger partial charge in [0.15, 0.2) is 11.6 Å². The number of aromatic amines is 1. The molecule has 3 atom stereocenters. The number of aromatic nitrogens is 3.